The Kier molecular flexibility index (Phi) is 11.9. The second-order valence-electron chi connectivity index (χ2n) is 8.06. The average molecular weight is 495 g/mol. The topological polar surface area (TPSA) is 85.8 Å². The van der Waals surface area contributed by atoms with Crippen LogP contribution in [-0.4, -0.2) is 62.4 Å². The fraction of sp³-hybridized carbons (Fsp3) is 0.842. The van der Waals surface area contributed by atoms with Gasteiger partial charge < -0.3 is 20.9 Å². The van der Waals surface area contributed by atoms with Gasteiger partial charge in [0, 0.05) is 33.2 Å². The number of nitrogens with zero attached hydrogens (tertiary/aromatic N) is 2. The summed E-state index contributed by atoms with van der Waals surface area (Å²) in [6, 6.07) is 0.344. The molecule has 1 fully saturated rings. The summed E-state index contributed by atoms with van der Waals surface area (Å²) < 4.78 is 0. The van der Waals surface area contributed by atoms with Crippen molar-refractivity contribution < 1.29 is 9.59 Å². The first-order valence-corrected chi connectivity index (χ1v) is 9.70. The molecule has 1 saturated carbocycles. The zero-order chi connectivity index (χ0) is 19.7. The lowest BCUT2D eigenvalue weighted by Gasteiger charge is -2.32. The SMILES string of the molecule is CCNC(=O)C(C)(C)CNC(=NCC(=O)N(C)C)NC1CCCCC1C.I. The van der Waals surface area contributed by atoms with E-state index in [2.05, 4.69) is 27.9 Å². The summed E-state index contributed by atoms with van der Waals surface area (Å²) in [5.74, 6) is 1.13. The van der Waals surface area contributed by atoms with E-state index in [0.717, 1.165) is 6.42 Å². The van der Waals surface area contributed by atoms with E-state index in [-0.39, 0.29) is 42.3 Å². The molecule has 2 unspecified atom stereocenters. The van der Waals surface area contributed by atoms with Gasteiger partial charge in [-0.05, 0) is 39.5 Å². The molecule has 2 amide bonds. The third kappa shape index (κ3) is 9.12. The highest BCUT2D eigenvalue weighted by Crippen LogP contribution is 2.23. The standard InChI is InChI=1S/C19H37N5O2.HI/c1-7-20-17(26)19(3,4)13-22-18(21-12-16(25)24(5)6)23-15-11-9-8-10-14(15)2;/h14-15H,7-13H2,1-6H3,(H,20,26)(H2,21,22,23);1H. The van der Waals surface area contributed by atoms with Gasteiger partial charge in [0.25, 0.3) is 0 Å². The van der Waals surface area contributed by atoms with Crippen molar-refractivity contribution >= 4 is 41.8 Å². The lowest BCUT2D eigenvalue weighted by molar-refractivity contribution is -0.129. The van der Waals surface area contributed by atoms with Gasteiger partial charge in [-0.25, -0.2) is 4.99 Å². The van der Waals surface area contributed by atoms with Crippen molar-refractivity contribution in [1.29, 1.82) is 0 Å². The molecule has 0 radical (unpaired) electrons. The van der Waals surface area contributed by atoms with Crippen molar-refractivity contribution in [3.63, 3.8) is 0 Å². The van der Waals surface area contributed by atoms with Gasteiger partial charge in [-0.3, -0.25) is 9.59 Å². The summed E-state index contributed by atoms with van der Waals surface area (Å²) in [6.45, 7) is 9.10. The fourth-order valence-electron chi connectivity index (χ4n) is 2.93. The first-order valence-electron chi connectivity index (χ1n) is 9.70. The largest absolute Gasteiger partial charge is 0.356 e. The maximum atomic E-state index is 12.2. The molecule has 3 N–H and O–H groups in total. The summed E-state index contributed by atoms with van der Waals surface area (Å²) in [6.07, 6.45) is 4.77. The minimum atomic E-state index is -0.567. The second-order valence-corrected chi connectivity index (χ2v) is 8.06. The predicted molar refractivity (Wildman–Crippen MR) is 121 cm³/mol. The molecule has 2 atom stereocenters. The number of hydrogen-bond acceptors (Lipinski definition) is 3. The number of aliphatic imine (C=N–C) groups is 1. The van der Waals surface area contributed by atoms with Crippen LogP contribution in [0, 0.1) is 11.3 Å². The Bertz CT molecular complexity index is 508. The van der Waals surface area contributed by atoms with E-state index in [1.807, 2.05) is 20.8 Å². The summed E-state index contributed by atoms with van der Waals surface area (Å²) in [5.41, 5.74) is -0.567. The maximum absolute atomic E-state index is 12.2. The molecule has 0 spiro atoms. The third-order valence-corrected chi connectivity index (χ3v) is 4.95. The first-order chi connectivity index (χ1) is 12.2. The first kappa shape index (κ1) is 25.9. The number of guanidine groups is 1. The molecule has 0 bridgehead atoms. The molecule has 8 heteroatoms. The quantitative estimate of drug-likeness (QED) is 0.287. The highest BCUT2D eigenvalue weighted by molar-refractivity contribution is 14.0. The van der Waals surface area contributed by atoms with Crippen molar-refractivity contribution in [2.45, 2.75) is 59.4 Å². The number of carbonyl (C=O) groups excluding carboxylic acids is 2. The third-order valence-electron chi connectivity index (χ3n) is 4.95. The Hall–Kier alpha value is -1.06. The fourth-order valence-corrected chi connectivity index (χ4v) is 2.93. The lowest BCUT2D eigenvalue weighted by atomic mass is 9.86. The molecule has 1 aliphatic carbocycles. The van der Waals surface area contributed by atoms with E-state index in [0.29, 0.717) is 31.0 Å². The summed E-state index contributed by atoms with van der Waals surface area (Å²) in [7, 11) is 3.44. The maximum Gasteiger partial charge on any atom is 0.243 e. The van der Waals surface area contributed by atoms with Crippen molar-refractivity contribution in [3.05, 3.63) is 0 Å². The van der Waals surface area contributed by atoms with Gasteiger partial charge in [-0.2, -0.15) is 0 Å². The smallest absolute Gasteiger partial charge is 0.243 e. The molecule has 0 aromatic rings. The van der Waals surface area contributed by atoms with Crippen LogP contribution >= 0.6 is 24.0 Å². The number of carbonyl (C=O) groups is 2. The predicted octanol–water partition coefficient (Wildman–Crippen LogP) is 1.97. The minimum Gasteiger partial charge on any atom is -0.356 e. The van der Waals surface area contributed by atoms with Gasteiger partial charge in [-0.15, -0.1) is 24.0 Å². The van der Waals surface area contributed by atoms with Crippen LogP contribution in [0.2, 0.25) is 0 Å². The summed E-state index contributed by atoms with van der Waals surface area (Å²) in [5, 5.41) is 9.61. The highest BCUT2D eigenvalue weighted by atomic mass is 127. The van der Waals surface area contributed by atoms with Crippen molar-refractivity contribution in [3.8, 4) is 0 Å². The monoisotopic (exact) mass is 495 g/mol. The van der Waals surface area contributed by atoms with Crippen LogP contribution in [0.15, 0.2) is 4.99 Å². The Morgan fingerprint density at radius 3 is 2.33 bits per heavy atom. The Morgan fingerprint density at radius 1 is 1.15 bits per heavy atom. The molecular weight excluding hydrogens is 457 g/mol. The van der Waals surface area contributed by atoms with Gasteiger partial charge in [0.2, 0.25) is 11.8 Å². The Balaban J connectivity index is 0.00000676. The second kappa shape index (κ2) is 12.4. The van der Waals surface area contributed by atoms with Gasteiger partial charge in [0.15, 0.2) is 5.96 Å². The van der Waals surface area contributed by atoms with Crippen LogP contribution in [0.25, 0.3) is 0 Å². The number of halogens is 1. The lowest BCUT2D eigenvalue weighted by Crippen LogP contribution is -2.51. The number of rotatable bonds is 7. The molecule has 7 nitrogen and oxygen atoms in total. The zero-order valence-corrected chi connectivity index (χ0v) is 20.1. The number of amides is 2. The molecule has 27 heavy (non-hydrogen) atoms. The number of likely N-dealkylation sites (N-methyl/N-ethyl adjacent to an activating group) is 1. The molecule has 0 aromatic heterocycles. The zero-order valence-electron chi connectivity index (χ0n) is 17.7. The van der Waals surface area contributed by atoms with Crippen molar-refractivity contribution in [2.24, 2.45) is 16.3 Å². The van der Waals surface area contributed by atoms with Crippen LogP contribution in [0.1, 0.15) is 53.4 Å². The van der Waals surface area contributed by atoms with E-state index in [4.69, 9.17) is 0 Å². The van der Waals surface area contributed by atoms with Crippen LogP contribution < -0.4 is 16.0 Å². The molecular formula is C19H38IN5O2. The summed E-state index contributed by atoms with van der Waals surface area (Å²) >= 11 is 0. The van der Waals surface area contributed by atoms with Gasteiger partial charge in [0.1, 0.15) is 6.54 Å². The van der Waals surface area contributed by atoms with Crippen molar-refractivity contribution in [2.75, 3.05) is 33.7 Å². The molecule has 0 heterocycles. The van der Waals surface area contributed by atoms with Crippen molar-refractivity contribution in [1.82, 2.24) is 20.9 Å². The summed E-state index contributed by atoms with van der Waals surface area (Å²) in [4.78, 5) is 30.1. The van der Waals surface area contributed by atoms with Gasteiger partial charge >= 0.3 is 0 Å². The van der Waals surface area contributed by atoms with E-state index >= 15 is 0 Å². The Labute approximate surface area is 181 Å². The average Bonchev–Trinajstić information content (AvgIpc) is 2.58. The van der Waals surface area contributed by atoms with E-state index in [1.54, 1.807) is 14.1 Å². The highest BCUT2D eigenvalue weighted by Gasteiger charge is 2.28. The number of hydrogen-bond donors (Lipinski definition) is 3. The Morgan fingerprint density at radius 2 is 1.78 bits per heavy atom. The van der Waals surface area contributed by atoms with Crippen LogP contribution in [0.3, 0.4) is 0 Å². The van der Waals surface area contributed by atoms with Crippen LogP contribution in [0.5, 0.6) is 0 Å². The molecule has 0 aromatic carbocycles. The van der Waals surface area contributed by atoms with Crippen LogP contribution in [0.4, 0.5) is 0 Å². The molecule has 1 aliphatic rings. The molecule has 158 valence electrons. The molecule has 0 aliphatic heterocycles. The molecule has 0 saturated heterocycles. The number of nitrogens with one attached hydrogen (secondary N) is 3. The normalized spacial score (nSPS) is 20.3. The van der Waals surface area contributed by atoms with Crippen LogP contribution in [-0.2, 0) is 9.59 Å². The van der Waals surface area contributed by atoms with E-state index < -0.39 is 5.41 Å². The minimum absolute atomic E-state index is 0. The molecule has 1 rings (SSSR count). The van der Waals surface area contributed by atoms with Gasteiger partial charge in [-0.1, -0.05) is 19.8 Å². The van der Waals surface area contributed by atoms with Gasteiger partial charge in [0.05, 0.1) is 5.41 Å². The van der Waals surface area contributed by atoms with E-state index in [9.17, 15) is 9.59 Å². The van der Waals surface area contributed by atoms with E-state index in [1.165, 1.54) is 24.2 Å².